The van der Waals surface area contributed by atoms with E-state index in [1.54, 1.807) is 0 Å². The number of hydrogen-bond donors (Lipinski definition) is 0. The number of hydrogen-bond acceptors (Lipinski definition) is 4. The zero-order chi connectivity index (χ0) is 11.5. The number of benzene rings is 1. The highest BCUT2D eigenvalue weighted by molar-refractivity contribution is 7.94. The van der Waals surface area contributed by atoms with Crippen LogP contribution in [0.3, 0.4) is 0 Å². The second kappa shape index (κ2) is 4.89. The minimum absolute atomic E-state index is 0.172. The normalized spacial score (nSPS) is 13.5. The Balaban J connectivity index is 2.19. The van der Waals surface area contributed by atoms with E-state index in [1.165, 1.54) is 12.0 Å². The highest BCUT2D eigenvalue weighted by Crippen LogP contribution is 2.33. The fourth-order valence-corrected chi connectivity index (χ4v) is 2.09. The zero-order valence-electron chi connectivity index (χ0n) is 9.64. The van der Waals surface area contributed by atoms with E-state index in [4.69, 9.17) is 8.71 Å². The lowest BCUT2D eigenvalue weighted by Gasteiger charge is -2.10. The molecule has 2 rings (SSSR count). The number of aromatic nitrogens is 1. The molecule has 1 heterocycles. The van der Waals surface area contributed by atoms with Crippen LogP contribution in [-0.4, -0.2) is 11.3 Å². The van der Waals surface area contributed by atoms with Crippen molar-refractivity contribution in [3.63, 3.8) is 0 Å². The highest BCUT2D eigenvalue weighted by atomic mass is 32.2. The van der Waals surface area contributed by atoms with Crippen molar-refractivity contribution >= 4 is 23.0 Å². The van der Waals surface area contributed by atoms with Gasteiger partial charge in [0.2, 0.25) is 0 Å². The van der Waals surface area contributed by atoms with E-state index in [9.17, 15) is 0 Å². The van der Waals surface area contributed by atoms with Gasteiger partial charge in [0.25, 0.3) is 0 Å². The summed E-state index contributed by atoms with van der Waals surface area (Å²) in [6.45, 7) is 6.10. The molecule has 3 nitrogen and oxygen atoms in total. The predicted molar refractivity (Wildman–Crippen MR) is 66.2 cm³/mol. The smallest absolute Gasteiger partial charge is 0.167 e. The molecular weight excluding hydrogens is 222 g/mol. The van der Waals surface area contributed by atoms with Crippen LogP contribution in [-0.2, 0) is 4.18 Å². The Labute approximate surface area is 99.3 Å². The SMILES string of the molecule is CC(C)OSC(C)c1noc2ccccc12. The van der Waals surface area contributed by atoms with E-state index >= 15 is 0 Å². The summed E-state index contributed by atoms with van der Waals surface area (Å²) in [5, 5.41) is 5.33. The summed E-state index contributed by atoms with van der Waals surface area (Å²) in [6.07, 6.45) is 0.214. The fraction of sp³-hybridized carbons (Fsp3) is 0.417. The Hall–Kier alpha value is -1.00. The quantitative estimate of drug-likeness (QED) is 0.754. The van der Waals surface area contributed by atoms with Crippen LogP contribution in [0.25, 0.3) is 11.0 Å². The van der Waals surface area contributed by atoms with Crippen molar-refractivity contribution in [2.24, 2.45) is 0 Å². The minimum atomic E-state index is 0.172. The molecule has 1 aromatic heterocycles. The fourth-order valence-electron chi connectivity index (χ4n) is 1.44. The molecule has 0 aliphatic carbocycles. The van der Waals surface area contributed by atoms with E-state index in [0.29, 0.717) is 0 Å². The molecule has 0 amide bonds. The van der Waals surface area contributed by atoms with Crippen molar-refractivity contribution in [1.29, 1.82) is 0 Å². The van der Waals surface area contributed by atoms with E-state index in [1.807, 2.05) is 38.1 Å². The Bertz CT molecular complexity index is 467. The average molecular weight is 237 g/mol. The molecule has 0 fully saturated rings. The van der Waals surface area contributed by atoms with Gasteiger partial charge in [-0.05, 0) is 32.9 Å². The molecule has 0 spiro atoms. The van der Waals surface area contributed by atoms with Crippen molar-refractivity contribution in [1.82, 2.24) is 5.16 Å². The van der Waals surface area contributed by atoms with Gasteiger partial charge < -0.3 is 8.71 Å². The van der Waals surface area contributed by atoms with E-state index in [0.717, 1.165) is 16.7 Å². The monoisotopic (exact) mass is 237 g/mol. The van der Waals surface area contributed by atoms with Crippen molar-refractivity contribution in [2.75, 3.05) is 0 Å². The number of fused-ring (bicyclic) bond motifs is 1. The minimum Gasteiger partial charge on any atom is -0.356 e. The third-order valence-corrected chi connectivity index (χ3v) is 3.19. The summed E-state index contributed by atoms with van der Waals surface area (Å²) < 4.78 is 10.8. The molecule has 4 heteroatoms. The van der Waals surface area contributed by atoms with Crippen LogP contribution in [0.5, 0.6) is 0 Å². The molecule has 1 unspecified atom stereocenters. The van der Waals surface area contributed by atoms with E-state index < -0.39 is 0 Å². The molecule has 1 aromatic carbocycles. The highest BCUT2D eigenvalue weighted by Gasteiger charge is 2.16. The lowest BCUT2D eigenvalue weighted by molar-refractivity contribution is 0.286. The van der Waals surface area contributed by atoms with Crippen LogP contribution in [0, 0.1) is 0 Å². The van der Waals surface area contributed by atoms with Gasteiger partial charge in [-0.1, -0.05) is 17.3 Å². The van der Waals surface area contributed by atoms with Gasteiger partial charge in [-0.25, -0.2) is 0 Å². The Morgan fingerprint density at radius 2 is 2.00 bits per heavy atom. The van der Waals surface area contributed by atoms with Crippen LogP contribution in [0.4, 0.5) is 0 Å². The summed E-state index contributed by atoms with van der Waals surface area (Å²) in [7, 11) is 0. The summed E-state index contributed by atoms with van der Waals surface area (Å²) in [5.41, 5.74) is 1.77. The maximum atomic E-state index is 5.51. The zero-order valence-corrected chi connectivity index (χ0v) is 10.5. The Kier molecular flexibility index (Phi) is 3.51. The van der Waals surface area contributed by atoms with Gasteiger partial charge >= 0.3 is 0 Å². The molecule has 0 saturated heterocycles. The summed E-state index contributed by atoms with van der Waals surface area (Å²) in [4.78, 5) is 0. The van der Waals surface area contributed by atoms with Crippen LogP contribution in [0.15, 0.2) is 28.8 Å². The van der Waals surface area contributed by atoms with Gasteiger partial charge in [-0.2, -0.15) is 0 Å². The van der Waals surface area contributed by atoms with Gasteiger partial charge in [0.1, 0.15) is 5.69 Å². The van der Waals surface area contributed by atoms with Gasteiger partial charge in [-0.3, -0.25) is 0 Å². The maximum Gasteiger partial charge on any atom is 0.167 e. The molecule has 16 heavy (non-hydrogen) atoms. The van der Waals surface area contributed by atoms with Gasteiger partial charge in [0, 0.05) is 17.4 Å². The lowest BCUT2D eigenvalue weighted by atomic mass is 10.2. The number of para-hydroxylation sites is 1. The summed E-state index contributed by atoms with van der Waals surface area (Å²) in [6, 6.07) is 7.88. The second-order valence-electron chi connectivity index (χ2n) is 3.95. The van der Waals surface area contributed by atoms with Crippen molar-refractivity contribution < 1.29 is 8.71 Å². The van der Waals surface area contributed by atoms with E-state index in [2.05, 4.69) is 12.1 Å². The van der Waals surface area contributed by atoms with E-state index in [-0.39, 0.29) is 11.4 Å². The number of nitrogens with zero attached hydrogens (tertiary/aromatic N) is 1. The Morgan fingerprint density at radius 3 is 2.75 bits per heavy atom. The molecule has 0 N–H and O–H groups in total. The second-order valence-corrected chi connectivity index (χ2v) is 5.04. The molecule has 2 aromatic rings. The molecule has 0 aliphatic heterocycles. The lowest BCUT2D eigenvalue weighted by Crippen LogP contribution is -1.98. The average Bonchev–Trinajstić information content (AvgIpc) is 2.69. The molecular formula is C12H15NO2S. The topological polar surface area (TPSA) is 35.3 Å². The van der Waals surface area contributed by atoms with Crippen LogP contribution < -0.4 is 0 Å². The third-order valence-electron chi connectivity index (χ3n) is 2.18. The van der Waals surface area contributed by atoms with Crippen LogP contribution in [0.1, 0.15) is 31.7 Å². The first kappa shape index (κ1) is 11.5. The van der Waals surface area contributed by atoms with Crippen molar-refractivity contribution in [3.05, 3.63) is 30.0 Å². The molecule has 0 saturated carbocycles. The summed E-state index contributed by atoms with van der Waals surface area (Å²) in [5.74, 6) is 0. The molecule has 0 radical (unpaired) electrons. The van der Waals surface area contributed by atoms with Crippen molar-refractivity contribution in [3.8, 4) is 0 Å². The Morgan fingerprint density at radius 1 is 1.25 bits per heavy atom. The van der Waals surface area contributed by atoms with Crippen LogP contribution in [0.2, 0.25) is 0 Å². The molecule has 0 bridgehead atoms. The molecule has 86 valence electrons. The van der Waals surface area contributed by atoms with Gasteiger partial charge in [0.05, 0.1) is 11.4 Å². The van der Waals surface area contributed by atoms with Gasteiger partial charge in [0.15, 0.2) is 5.58 Å². The number of rotatable bonds is 4. The van der Waals surface area contributed by atoms with Gasteiger partial charge in [-0.15, -0.1) is 0 Å². The standard InChI is InChI=1S/C12H15NO2S/c1-8(2)15-16-9(3)12-10-6-4-5-7-11(10)14-13-12/h4-9H,1-3H3. The maximum absolute atomic E-state index is 5.51. The molecule has 1 atom stereocenters. The first-order chi connectivity index (χ1) is 7.68. The first-order valence-electron chi connectivity index (χ1n) is 5.35. The molecule has 0 aliphatic rings. The largest absolute Gasteiger partial charge is 0.356 e. The first-order valence-corrected chi connectivity index (χ1v) is 6.15. The third kappa shape index (κ3) is 2.39. The summed E-state index contributed by atoms with van der Waals surface area (Å²) >= 11 is 1.43. The van der Waals surface area contributed by atoms with Crippen molar-refractivity contribution in [2.45, 2.75) is 32.1 Å². The van der Waals surface area contributed by atoms with Crippen LogP contribution >= 0.6 is 12.0 Å². The predicted octanol–water partition coefficient (Wildman–Crippen LogP) is 3.96.